The van der Waals surface area contributed by atoms with Gasteiger partial charge in [-0.25, -0.2) is 0 Å². The molecule has 3 aromatic rings. The van der Waals surface area contributed by atoms with E-state index in [1.165, 1.54) is 0 Å². The summed E-state index contributed by atoms with van der Waals surface area (Å²) in [6.45, 7) is 5.35. The van der Waals surface area contributed by atoms with Crippen molar-refractivity contribution in [3.05, 3.63) is 102 Å². The Balaban J connectivity index is 1.64. The van der Waals surface area contributed by atoms with Crippen LogP contribution in [-0.4, -0.2) is 32.1 Å². The Kier molecular flexibility index (Phi) is 5.77. The zero-order valence-electron chi connectivity index (χ0n) is 16.9. The average molecular weight is 386 g/mol. The number of anilines is 1. The molecule has 1 fully saturated rings. The van der Waals surface area contributed by atoms with Gasteiger partial charge in [0.15, 0.2) is 5.78 Å². The highest BCUT2D eigenvalue weighted by atomic mass is 16.5. The number of Topliss-reactive ketones (excluding diaryl/α,β-unsaturated/α-hetero) is 1. The second-order valence-corrected chi connectivity index (χ2v) is 7.84. The van der Waals surface area contributed by atoms with Crippen LogP contribution in [0.15, 0.2) is 84.9 Å². The molecule has 4 rings (SSSR count). The Morgan fingerprint density at radius 3 is 2.07 bits per heavy atom. The van der Waals surface area contributed by atoms with E-state index in [0.29, 0.717) is 6.42 Å². The maximum Gasteiger partial charge on any atom is 0.173 e. The van der Waals surface area contributed by atoms with E-state index in [4.69, 9.17) is 4.74 Å². The van der Waals surface area contributed by atoms with Gasteiger partial charge in [-0.05, 0) is 48.7 Å². The fourth-order valence-corrected chi connectivity index (χ4v) is 4.09. The second kappa shape index (κ2) is 8.62. The van der Waals surface area contributed by atoms with Gasteiger partial charge < -0.3 is 9.64 Å². The summed E-state index contributed by atoms with van der Waals surface area (Å²) in [7, 11) is 0. The Bertz CT molecular complexity index is 931. The molecule has 1 saturated heterocycles. The van der Waals surface area contributed by atoms with Crippen molar-refractivity contribution in [1.82, 2.24) is 0 Å². The normalized spacial score (nSPS) is 16.2. The van der Waals surface area contributed by atoms with E-state index in [9.17, 15) is 4.79 Å². The molecule has 3 nitrogen and oxygen atoms in total. The van der Waals surface area contributed by atoms with Crippen molar-refractivity contribution in [1.29, 1.82) is 0 Å². The number of carbonyl (C=O) groups excluding carboxylic acids is 1. The first-order chi connectivity index (χ1) is 14.2. The van der Waals surface area contributed by atoms with Crippen molar-refractivity contribution < 1.29 is 9.53 Å². The number of hydrogen-bond acceptors (Lipinski definition) is 3. The molecule has 0 bridgehead atoms. The fraction of sp³-hybridized carbons (Fsp3) is 0.269. The van der Waals surface area contributed by atoms with Crippen LogP contribution in [0.1, 0.15) is 28.4 Å². The summed E-state index contributed by atoms with van der Waals surface area (Å²) in [5, 5.41) is 0. The lowest BCUT2D eigenvalue weighted by Crippen LogP contribution is -2.36. The molecule has 1 aliphatic rings. The van der Waals surface area contributed by atoms with Gasteiger partial charge in [0.2, 0.25) is 0 Å². The summed E-state index contributed by atoms with van der Waals surface area (Å²) in [6.07, 6.45) is 0.669. The quantitative estimate of drug-likeness (QED) is 0.565. The van der Waals surface area contributed by atoms with Gasteiger partial charge in [-0.1, -0.05) is 60.7 Å². The van der Waals surface area contributed by atoms with Crippen LogP contribution < -0.4 is 4.90 Å². The van der Waals surface area contributed by atoms with Crippen LogP contribution in [0.3, 0.4) is 0 Å². The number of carbonyl (C=O) groups is 1. The minimum absolute atomic E-state index is 0.154. The van der Waals surface area contributed by atoms with Gasteiger partial charge >= 0.3 is 0 Å². The van der Waals surface area contributed by atoms with E-state index in [1.807, 2.05) is 48.5 Å². The molecule has 1 unspecified atom stereocenters. The molecule has 0 amide bonds. The van der Waals surface area contributed by atoms with Crippen LogP contribution in [0.25, 0.3) is 0 Å². The summed E-state index contributed by atoms with van der Waals surface area (Å²) in [5.41, 5.74) is 3.49. The molecule has 1 atom stereocenters. The highest BCUT2D eigenvalue weighted by molar-refractivity contribution is 6.04. The summed E-state index contributed by atoms with van der Waals surface area (Å²) >= 11 is 0. The van der Waals surface area contributed by atoms with Gasteiger partial charge in [0.25, 0.3) is 0 Å². The minimum Gasteiger partial charge on any atom is -0.378 e. The SMILES string of the molecule is CC(Cc1ccccc1)(C(=O)c1ccc(N2CCOCC2)cc1)c1ccccc1. The summed E-state index contributed by atoms with van der Waals surface area (Å²) < 4.78 is 5.44. The molecule has 0 aromatic heterocycles. The monoisotopic (exact) mass is 385 g/mol. The summed E-state index contributed by atoms with van der Waals surface area (Å²) in [5.74, 6) is 0.154. The number of hydrogen-bond donors (Lipinski definition) is 0. The predicted octanol–water partition coefficient (Wildman–Crippen LogP) is 4.91. The topological polar surface area (TPSA) is 29.5 Å². The first-order valence-electron chi connectivity index (χ1n) is 10.2. The smallest absolute Gasteiger partial charge is 0.173 e. The summed E-state index contributed by atoms with van der Waals surface area (Å²) in [4.78, 5) is 16.0. The van der Waals surface area contributed by atoms with Crippen molar-refractivity contribution in [2.24, 2.45) is 0 Å². The van der Waals surface area contributed by atoms with Gasteiger partial charge in [-0.15, -0.1) is 0 Å². The highest BCUT2D eigenvalue weighted by Gasteiger charge is 2.36. The number of morpholine rings is 1. The van der Waals surface area contributed by atoms with Crippen LogP contribution in [0.4, 0.5) is 5.69 Å². The maximum atomic E-state index is 13.7. The lowest BCUT2D eigenvalue weighted by Gasteiger charge is -2.30. The Labute approximate surface area is 172 Å². The van der Waals surface area contributed by atoms with Crippen LogP contribution >= 0.6 is 0 Å². The third-order valence-electron chi connectivity index (χ3n) is 5.82. The molecule has 0 saturated carbocycles. The molecule has 1 heterocycles. The molecule has 0 radical (unpaired) electrons. The Morgan fingerprint density at radius 1 is 0.862 bits per heavy atom. The molecule has 3 aromatic carbocycles. The summed E-state index contributed by atoms with van der Waals surface area (Å²) in [6, 6.07) is 28.4. The molecule has 29 heavy (non-hydrogen) atoms. The van der Waals surface area contributed by atoms with Gasteiger partial charge in [0.05, 0.1) is 18.6 Å². The van der Waals surface area contributed by atoms with Gasteiger partial charge in [0.1, 0.15) is 0 Å². The number of nitrogens with zero attached hydrogens (tertiary/aromatic N) is 1. The molecular weight excluding hydrogens is 358 g/mol. The van der Waals surface area contributed by atoms with Crippen LogP contribution in [0.2, 0.25) is 0 Å². The lowest BCUT2D eigenvalue weighted by molar-refractivity contribution is 0.0895. The number of ether oxygens (including phenoxy) is 1. The van der Waals surface area contributed by atoms with Crippen molar-refractivity contribution in [2.45, 2.75) is 18.8 Å². The van der Waals surface area contributed by atoms with E-state index >= 15 is 0 Å². The first-order valence-corrected chi connectivity index (χ1v) is 10.2. The van der Waals surface area contributed by atoms with E-state index < -0.39 is 5.41 Å². The highest BCUT2D eigenvalue weighted by Crippen LogP contribution is 2.33. The average Bonchev–Trinajstić information content (AvgIpc) is 2.80. The molecule has 0 aliphatic carbocycles. The number of benzene rings is 3. The van der Waals surface area contributed by atoms with Crippen molar-refractivity contribution in [3.63, 3.8) is 0 Å². The van der Waals surface area contributed by atoms with Crippen LogP contribution in [-0.2, 0) is 16.6 Å². The van der Waals surface area contributed by atoms with Crippen molar-refractivity contribution in [2.75, 3.05) is 31.2 Å². The van der Waals surface area contributed by atoms with Gasteiger partial charge in [-0.2, -0.15) is 0 Å². The molecule has 1 aliphatic heterocycles. The fourth-order valence-electron chi connectivity index (χ4n) is 4.09. The van der Waals surface area contributed by atoms with E-state index in [1.54, 1.807) is 0 Å². The third kappa shape index (κ3) is 4.25. The van der Waals surface area contributed by atoms with E-state index in [2.05, 4.69) is 48.2 Å². The molecule has 0 spiro atoms. The van der Waals surface area contributed by atoms with E-state index in [0.717, 1.165) is 48.7 Å². The number of rotatable bonds is 6. The largest absolute Gasteiger partial charge is 0.378 e. The lowest BCUT2D eigenvalue weighted by atomic mass is 9.72. The van der Waals surface area contributed by atoms with Gasteiger partial charge in [-0.3, -0.25) is 4.79 Å². The molecular formula is C26H27NO2. The number of ketones is 1. The third-order valence-corrected chi connectivity index (χ3v) is 5.82. The van der Waals surface area contributed by atoms with Crippen molar-refractivity contribution >= 4 is 11.5 Å². The Hall–Kier alpha value is -2.91. The van der Waals surface area contributed by atoms with Crippen LogP contribution in [0, 0.1) is 0 Å². The van der Waals surface area contributed by atoms with Crippen molar-refractivity contribution in [3.8, 4) is 0 Å². The zero-order chi connectivity index (χ0) is 20.1. The zero-order valence-corrected chi connectivity index (χ0v) is 16.9. The predicted molar refractivity (Wildman–Crippen MR) is 118 cm³/mol. The first kappa shape index (κ1) is 19.4. The van der Waals surface area contributed by atoms with E-state index in [-0.39, 0.29) is 5.78 Å². The molecule has 3 heteroatoms. The molecule has 148 valence electrons. The minimum atomic E-state index is -0.622. The Morgan fingerprint density at radius 2 is 1.45 bits per heavy atom. The maximum absolute atomic E-state index is 13.7. The van der Waals surface area contributed by atoms with Crippen LogP contribution in [0.5, 0.6) is 0 Å². The molecule has 0 N–H and O–H groups in total. The second-order valence-electron chi connectivity index (χ2n) is 7.84. The standard InChI is InChI=1S/C26H27NO2/c1-26(23-10-6-3-7-11-23,20-21-8-4-2-5-9-21)25(28)22-12-14-24(15-13-22)27-16-18-29-19-17-27/h2-15H,16-20H2,1H3. The van der Waals surface area contributed by atoms with Gasteiger partial charge in [0, 0.05) is 24.3 Å².